The molecule has 7 aliphatic heterocycles. The maximum Gasteiger partial charge on any atom is 0.397 e. The molecule has 24 N–H and O–H groups in total. The van der Waals surface area contributed by atoms with Crippen LogP contribution in [0.5, 0.6) is 0 Å². The van der Waals surface area contributed by atoms with Crippen LogP contribution < -0.4 is 10.6 Å². The topological polar surface area (TPSA) is 693 Å². The molecule has 0 spiro atoms. The molecule has 0 aliphatic carbocycles. The molecule has 564 valence electrons. The third-order valence-electron chi connectivity index (χ3n) is 17.2. The van der Waals surface area contributed by atoms with Crippen LogP contribution >= 0.6 is 0 Å². The predicted molar refractivity (Wildman–Crippen MR) is 297 cm³/mol. The Labute approximate surface area is 549 Å². The number of hydrogen-bond donors (Lipinski definition) is 24. The second kappa shape index (κ2) is 34.5. The van der Waals surface area contributed by atoms with Gasteiger partial charge in [0.05, 0.1) is 57.4 Å². The summed E-state index contributed by atoms with van der Waals surface area (Å²) in [5.74, 6) is -3.86. The van der Waals surface area contributed by atoms with Gasteiger partial charge in [0, 0.05) is 13.8 Å². The first-order valence-electron chi connectivity index (χ1n) is 30.3. The zero-order valence-corrected chi connectivity index (χ0v) is 52.8. The summed E-state index contributed by atoms with van der Waals surface area (Å²) in [6.45, 7) is -0.789. The Balaban J connectivity index is 1.23. The van der Waals surface area contributed by atoms with E-state index in [0.717, 1.165) is 13.8 Å². The fraction of sp³-hybridized carbons (Fsp3) is 0.942. The van der Waals surface area contributed by atoms with Crippen LogP contribution in [0.1, 0.15) is 34.6 Å². The summed E-state index contributed by atoms with van der Waals surface area (Å²) in [5.41, 5.74) is 0. The molecule has 45 heteroatoms. The lowest BCUT2D eigenvalue weighted by Crippen LogP contribution is -2.69. The average molecular weight is 1450 g/mol. The van der Waals surface area contributed by atoms with Gasteiger partial charge < -0.3 is 184 Å². The van der Waals surface area contributed by atoms with Crippen LogP contribution in [-0.2, 0) is 95.3 Å². The highest BCUT2D eigenvalue weighted by atomic mass is 32.3. The molecule has 39 atom stereocenters. The first-order chi connectivity index (χ1) is 45.3. The number of rotatable bonds is 27. The van der Waals surface area contributed by atoms with Crippen molar-refractivity contribution in [2.24, 2.45) is 0 Å². The van der Waals surface area contributed by atoms with E-state index in [1.807, 2.05) is 0 Å². The fourth-order valence-corrected chi connectivity index (χ4v) is 12.0. The van der Waals surface area contributed by atoms with Gasteiger partial charge in [0.15, 0.2) is 50.1 Å². The van der Waals surface area contributed by atoms with Crippen LogP contribution in [0.15, 0.2) is 0 Å². The number of carbonyl (C=O) groups excluding carboxylic acids is 2. The van der Waals surface area contributed by atoms with E-state index < -0.39 is 300 Å². The standard InChI is InChI=1S/C52H88N2O42S/c1-11-22(61)29(68)34(73)47(84-11)91-39-21(54-15(5)59)46(89-20(28(39)67)10-83-97(79,80)81)82-9-17(60)25(64)38(16(6-55)53-14(4)58)90-52-44(96-49-36(75)31(70)24(63)13(3)86-49)41(27(66)19(8-57)88-52)93-50-37(76)40(26(65)18(7-56)87-50)92-51-43(33(72)32(71)42(94-51)45(77)78)95-48-35(74)30(69)23(62)12(2)85-48/h11-13,16-44,46-52,55-57,60-76H,6-10H2,1-5H3,(H,53,58)(H,54,59)(H,77,78)(H,79,80,81)/t11-,12-,13-,16-,17+,18+,19+,20+,21+,22+,23+,24+,25-,26-,27-,28+,29+,30+,31+,32-,33-,34-,35-,36-,37+,38+,39+,40-,41-,42-,43+,44+,46+,47-,48-,49-,50-,51+,52-/m0/s1. The third-order valence-corrected chi connectivity index (χ3v) is 17.6. The van der Waals surface area contributed by atoms with Crippen molar-refractivity contribution in [3.63, 3.8) is 0 Å². The predicted octanol–water partition coefficient (Wildman–Crippen LogP) is -15.5. The Morgan fingerprint density at radius 1 is 0.464 bits per heavy atom. The Bertz CT molecular complexity index is 2630. The van der Waals surface area contributed by atoms with Gasteiger partial charge in [0.2, 0.25) is 11.8 Å². The molecule has 0 unspecified atom stereocenters. The Morgan fingerprint density at radius 3 is 1.36 bits per heavy atom. The number of carboxylic acids is 1. The third kappa shape index (κ3) is 18.8. The first-order valence-corrected chi connectivity index (χ1v) is 31.6. The van der Waals surface area contributed by atoms with Crippen LogP contribution in [0.2, 0.25) is 0 Å². The van der Waals surface area contributed by atoms with E-state index in [2.05, 4.69) is 14.8 Å². The fourth-order valence-electron chi connectivity index (χ4n) is 11.7. The van der Waals surface area contributed by atoms with Crippen molar-refractivity contribution in [2.75, 3.05) is 33.0 Å². The molecule has 2 amide bonds. The summed E-state index contributed by atoms with van der Waals surface area (Å²) >= 11 is 0. The minimum absolute atomic E-state index is 0.901. The van der Waals surface area contributed by atoms with Crippen LogP contribution in [0.25, 0.3) is 0 Å². The number of aliphatic carboxylic acids is 1. The molecule has 7 aliphatic rings. The van der Waals surface area contributed by atoms with E-state index in [4.69, 9.17) is 66.3 Å². The maximum absolute atomic E-state index is 12.8. The van der Waals surface area contributed by atoms with E-state index in [1.54, 1.807) is 0 Å². The van der Waals surface area contributed by atoms with Crippen molar-refractivity contribution < 1.29 is 205 Å². The number of aliphatic hydroxyl groups is 20. The molecule has 7 saturated heterocycles. The van der Waals surface area contributed by atoms with E-state index >= 15 is 0 Å². The summed E-state index contributed by atoms with van der Waals surface area (Å²) in [7, 11) is -5.32. The molecular formula is C52H88N2O42S. The minimum Gasteiger partial charge on any atom is -0.479 e. The first kappa shape index (κ1) is 81.2. The van der Waals surface area contributed by atoms with Gasteiger partial charge >= 0.3 is 16.4 Å². The molecule has 0 aromatic rings. The number of carboxylic acid groups (broad SMARTS) is 1. The molecule has 0 saturated carbocycles. The second-order valence-corrected chi connectivity index (χ2v) is 25.3. The van der Waals surface area contributed by atoms with Crippen molar-refractivity contribution in [1.29, 1.82) is 0 Å². The Morgan fingerprint density at radius 2 is 0.897 bits per heavy atom. The van der Waals surface area contributed by atoms with Crippen molar-refractivity contribution >= 4 is 28.2 Å². The van der Waals surface area contributed by atoms with E-state index in [0.29, 0.717) is 0 Å². The summed E-state index contributed by atoms with van der Waals surface area (Å²) in [5, 5.41) is 236. The highest BCUT2D eigenvalue weighted by molar-refractivity contribution is 7.80. The second-order valence-electron chi connectivity index (χ2n) is 24.2. The summed E-state index contributed by atoms with van der Waals surface area (Å²) < 4.78 is 118. The number of hydrogen-bond acceptors (Lipinski definition) is 40. The van der Waals surface area contributed by atoms with Crippen molar-refractivity contribution in [3.05, 3.63) is 0 Å². The lowest BCUT2D eigenvalue weighted by molar-refractivity contribution is -0.406. The molecular weight excluding hydrogens is 1360 g/mol. The van der Waals surface area contributed by atoms with Gasteiger partial charge in [0.25, 0.3) is 0 Å². The van der Waals surface area contributed by atoms with Crippen molar-refractivity contribution in [1.82, 2.24) is 10.6 Å². The smallest absolute Gasteiger partial charge is 0.397 e. The molecule has 0 bridgehead atoms. The maximum atomic E-state index is 12.8. The monoisotopic (exact) mass is 1440 g/mol. The number of amides is 2. The van der Waals surface area contributed by atoms with Crippen LogP contribution in [-0.4, -0.2) is 410 Å². The van der Waals surface area contributed by atoms with Gasteiger partial charge in [-0.1, -0.05) is 0 Å². The average Bonchev–Trinajstić information content (AvgIpc) is 0.777. The minimum atomic E-state index is -5.32. The molecule has 0 aromatic carbocycles. The van der Waals surface area contributed by atoms with E-state index in [-0.39, 0.29) is 0 Å². The zero-order chi connectivity index (χ0) is 72.3. The Hall–Kier alpha value is -3.08. The van der Waals surface area contributed by atoms with E-state index in [9.17, 15) is 135 Å². The summed E-state index contributed by atoms with van der Waals surface area (Å²) in [6, 6.07) is -3.80. The normalized spacial score (nSPS) is 46.7. The number of carbonyl (C=O) groups is 3. The van der Waals surface area contributed by atoms with Gasteiger partial charge in [-0.05, 0) is 20.8 Å². The number of nitrogens with one attached hydrogen (secondary N) is 2. The van der Waals surface area contributed by atoms with Gasteiger partial charge in [-0.15, -0.1) is 0 Å². The quantitative estimate of drug-likeness (QED) is 0.0340. The van der Waals surface area contributed by atoms with Gasteiger partial charge in [0.1, 0.15) is 165 Å². The lowest BCUT2D eigenvalue weighted by atomic mass is 9.95. The molecule has 97 heavy (non-hydrogen) atoms. The highest BCUT2D eigenvalue weighted by Crippen LogP contribution is 2.39. The van der Waals surface area contributed by atoms with Crippen molar-refractivity contribution in [3.8, 4) is 0 Å². The highest BCUT2D eigenvalue weighted by Gasteiger charge is 2.60. The SMILES string of the molecule is CC(=O)N[C@H]1[C@H](OC[C@@H](O)[C@H](O)[C@H](O[C@@H]2O[C@H](CO)[C@H](O)[C@H](O[C@@H]3O[C@H](CO)[C@H](O)[C@H](O[C@@H]4O[C@H](C(=O)O)[C@@H](O)[C@H](O)[C@H]4O[C@@H]4O[C@@H](C)[C@@H](O)[C@@H](O)[C@@H]4O)[C@H]3O)[C@H]2O[C@@H]2O[C@@H](C)[C@@H](O)[C@@H](O)[C@@H]2O)[C@H](CO)NC(C)=O)O[C@H](COS(=O)(=O)O)[C@@H](O)[C@@H]1O[C@@H]1O[C@@H](C)[C@@H](O)[C@@H](O)[C@@H]1O. The lowest BCUT2D eigenvalue weighted by Gasteiger charge is -2.50. The van der Waals surface area contributed by atoms with Crippen LogP contribution in [0.4, 0.5) is 0 Å². The molecule has 0 aromatic heterocycles. The largest absolute Gasteiger partial charge is 0.479 e. The summed E-state index contributed by atoms with van der Waals surface area (Å²) in [6.07, 6.45) is -78.6. The van der Waals surface area contributed by atoms with Crippen LogP contribution in [0.3, 0.4) is 0 Å². The number of ether oxygens (including phenoxy) is 14. The van der Waals surface area contributed by atoms with E-state index in [1.165, 1.54) is 20.8 Å². The van der Waals surface area contributed by atoms with Gasteiger partial charge in [-0.2, -0.15) is 8.42 Å². The van der Waals surface area contributed by atoms with Gasteiger partial charge in [-0.25, -0.2) is 8.98 Å². The molecule has 44 nitrogen and oxygen atoms in total. The van der Waals surface area contributed by atoms with Crippen LogP contribution in [0, 0.1) is 0 Å². The zero-order valence-electron chi connectivity index (χ0n) is 52.0. The van der Waals surface area contributed by atoms with Crippen molar-refractivity contribution in [2.45, 2.75) is 274 Å². The Kier molecular flexibility index (Phi) is 28.9. The molecule has 0 radical (unpaired) electrons. The van der Waals surface area contributed by atoms with Gasteiger partial charge in [-0.3, -0.25) is 14.1 Å². The number of aliphatic hydroxyl groups excluding tert-OH is 20. The molecule has 7 rings (SSSR count). The molecule has 7 fully saturated rings. The molecule has 7 heterocycles. The summed E-state index contributed by atoms with van der Waals surface area (Å²) in [4.78, 5) is 37.9.